The molecule has 0 saturated carbocycles. The highest BCUT2D eigenvalue weighted by atomic mass is 16.6. The van der Waals surface area contributed by atoms with Crippen LogP contribution < -0.4 is 20.1 Å². The van der Waals surface area contributed by atoms with Crippen LogP contribution in [0, 0.1) is 0 Å². The van der Waals surface area contributed by atoms with Gasteiger partial charge >= 0.3 is 18.0 Å². The Morgan fingerprint density at radius 2 is 1.93 bits per heavy atom. The third-order valence-electron chi connectivity index (χ3n) is 3.69. The van der Waals surface area contributed by atoms with Crippen LogP contribution in [0.1, 0.15) is 46.2 Å². The normalized spacial score (nSPS) is 16.5. The van der Waals surface area contributed by atoms with Gasteiger partial charge in [0.15, 0.2) is 11.5 Å². The van der Waals surface area contributed by atoms with E-state index >= 15 is 0 Å². The zero-order valence-electron chi connectivity index (χ0n) is 16.0. The fraction of sp³-hybridized carbons (Fsp3) is 0.421. The van der Waals surface area contributed by atoms with E-state index in [-0.39, 0.29) is 11.9 Å². The Bertz CT molecular complexity index is 784. The van der Waals surface area contributed by atoms with E-state index in [1.165, 1.54) is 6.92 Å². The highest BCUT2D eigenvalue weighted by molar-refractivity contribution is 5.95. The maximum atomic E-state index is 12.6. The summed E-state index contributed by atoms with van der Waals surface area (Å²) in [5, 5.41) is 5.31. The minimum Gasteiger partial charge on any atom is -0.490 e. The van der Waals surface area contributed by atoms with Crippen molar-refractivity contribution in [3.8, 4) is 11.5 Å². The first-order chi connectivity index (χ1) is 12.7. The number of nitrogens with one attached hydrogen (secondary N) is 2. The van der Waals surface area contributed by atoms with E-state index in [0.29, 0.717) is 29.2 Å². The number of hydrogen-bond acceptors (Lipinski definition) is 6. The molecule has 1 aliphatic heterocycles. The average Bonchev–Trinajstić information content (AvgIpc) is 2.54. The SMILES string of the molecule is CCOc1cc([C@@H]2NC(=O)NC(C)=C2C(=O)OC(C)C)ccc1OC(C)=O. The Labute approximate surface area is 157 Å². The molecule has 1 heterocycles. The van der Waals surface area contributed by atoms with Crippen LogP contribution in [-0.2, 0) is 14.3 Å². The van der Waals surface area contributed by atoms with Gasteiger partial charge in [0.2, 0.25) is 0 Å². The lowest BCUT2D eigenvalue weighted by atomic mass is 9.95. The minimum atomic E-state index is -0.726. The smallest absolute Gasteiger partial charge is 0.338 e. The van der Waals surface area contributed by atoms with Gasteiger partial charge in [-0.15, -0.1) is 0 Å². The van der Waals surface area contributed by atoms with Crippen molar-refractivity contribution >= 4 is 18.0 Å². The second kappa shape index (κ2) is 8.57. The van der Waals surface area contributed by atoms with E-state index in [4.69, 9.17) is 14.2 Å². The van der Waals surface area contributed by atoms with Crippen molar-refractivity contribution in [2.45, 2.75) is 46.8 Å². The van der Waals surface area contributed by atoms with Crippen LogP contribution in [0.2, 0.25) is 0 Å². The molecule has 0 fully saturated rings. The molecule has 0 aromatic heterocycles. The molecule has 146 valence electrons. The Morgan fingerprint density at radius 3 is 2.52 bits per heavy atom. The van der Waals surface area contributed by atoms with Crippen molar-refractivity contribution in [2.75, 3.05) is 6.61 Å². The number of hydrogen-bond donors (Lipinski definition) is 2. The third kappa shape index (κ3) is 4.99. The van der Waals surface area contributed by atoms with Crippen LogP contribution in [0.15, 0.2) is 29.5 Å². The quantitative estimate of drug-likeness (QED) is 0.584. The van der Waals surface area contributed by atoms with Crippen LogP contribution in [0.4, 0.5) is 4.79 Å². The van der Waals surface area contributed by atoms with Gasteiger partial charge in [-0.3, -0.25) is 4.79 Å². The zero-order chi connectivity index (χ0) is 20.1. The van der Waals surface area contributed by atoms with E-state index < -0.39 is 24.0 Å². The Hall–Kier alpha value is -3.03. The van der Waals surface area contributed by atoms with Crippen LogP contribution in [0.3, 0.4) is 0 Å². The molecule has 2 amide bonds. The van der Waals surface area contributed by atoms with Crippen LogP contribution in [-0.4, -0.2) is 30.7 Å². The number of benzene rings is 1. The van der Waals surface area contributed by atoms with Crippen molar-refractivity contribution in [2.24, 2.45) is 0 Å². The summed E-state index contributed by atoms with van der Waals surface area (Å²) in [6, 6.07) is 3.70. The molecule has 0 radical (unpaired) electrons. The van der Waals surface area contributed by atoms with Crippen molar-refractivity contribution in [3.63, 3.8) is 0 Å². The maximum Gasteiger partial charge on any atom is 0.338 e. The lowest BCUT2D eigenvalue weighted by Gasteiger charge is -2.29. The largest absolute Gasteiger partial charge is 0.490 e. The Kier molecular flexibility index (Phi) is 6.44. The number of esters is 2. The lowest BCUT2D eigenvalue weighted by molar-refractivity contribution is -0.143. The molecule has 0 aliphatic carbocycles. The number of allylic oxidation sites excluding steroid dienone is 1. The van der Waals surface area contributed by atoms with Crippen LogP contribution >= 0.6 is 0 Å². The summed E-state index contributed by atoms with van der Waals surface area (Å²) in [4.78, 5) is 35.8. The molecule has 1 aliphatic rings. The number of amides is 2. The molecule has 2 N–H and O–H groups in total. The summed E-state index contributed by atoms with van der Waals surface area (Å²) in [6.07, 6.45) is -0.304. The molecular formula is C19H24N2O6. The number of urea groups is 1. The van der Waals surface area contributed by atoms with Crippen molar-refractivity contribution in [1.29, 1.82) is 0 Å². The van der Waals surface area contributed by atoms with Gasteiger partial charge in [0, 0.05) is 12.6 Å². The highest BCUT2D eigenvalue weighted by Gasteiger charge is 2.33. The average molecular weight is 376 g/mol. The number of rotatable bonds is 6. The fourth-order valence-electron chi connectivity index (χ4n) is 2.70. The first-order valence-electron chi connectivity index (χ1n) is 8.67. The van der Waals surface area contributed by atoms with Gasteiger partial charge in [-0.2, -0.15) is 0 Å². The number of carbonyl (C=O) groups excluding carboxylic acids is 3. The van der Waals surface area contributed by atoms with Crippen LogP contribution in [0.25, 0.3) is 0 Å². The van der Waals surface area contributed by atoms with Crippen molar-refractivity contribution < 1.29 is 28.6 Å². The lowest BCUT2D eigenvalue weighted by Crippen LogP contribution is -2.45. The first kappa shape index (κ1) is 20.3. The Morgan fingerprint density at radius 1 is 1.22 bits per heavy atom. The molecule has 2 rings (SSSR count). The molecule has 8 heteroatoms. The molecule has 27 heavy (non-hydrogen) atoms. The number of carbonyl (C=O) groups is 3. The molecule has 1 atom stereocenters. The maximum absolute atomic E-state index is 12.6. The second-order valence-electron chi connectivity index (χ2n) is 6.26. The zero-order valence-corrected chi connectivity index (χ0v) is 16.0. The van der Waals surface area contributed by atoms with Gasteiger partial charge < -0.3 is 24.8 Å². The van der Waals surface area contributed by atoms with Gasteiger partial charge in [0.25, 0.3) is 0 Å². The molecule has 1 aromatic carbocycles. The number of ether oxygens (including phenoxy) is 3. The predicted molar refractivity (Wildman–Crippen MR) is 97.3 cm³/mol. The van der Waals surface area contributed by atoms with E-state index in [1.54, 1.807) is 45.9 Å². The van der Waals surface area contributed by atoms with Gasteiger partial charge in [-0.25, -0.2) is 9.59 Å². The van der Waals surface area contributed by atoms with Crippen LogP contribution in [0.5, 0.6) is 11.5 Å². The van der Waals surface area contributed by atoms with E-state index in [9.17, 15) is 14.4 Å². The molecule has 0 bridgehead atoms. The summed E-state index contributed by atoms with van der Waals surface area (Å²) < 4.78 is 16.0. The molecule has 0 spiro atoms. The summed E-state index contributed by atoms with van der Waals surface area (Å²) in [5.74, 6) is -0.398. The Balaban J connectivity index is 2.47. The van der Waals surface area contributed by atoms with E-state index in [0.717, 1.165) is 0 Å². The van der Waals surface area contributed by atoms with Gasteiger partial charge in [0.1, 0.15) is 0 Å². The van der Waals surface area contributed by atoms with Gasteiger partial charge in [-0.1, -0.05) is 6.07 Å². The van der Waals surface area contributed by atoms with E-state index in [2.05, 4.69) is 10.6 Å². The summed E-state index contributed by atoms with van der Waals surface area (Å²) in [6.45, 7) is 8.58. The van der Waals surface area contributed by atoms with Crippen molar-refractivity contribution in [3.05, 3.63) is 35.0 Å². The molecule has 0 saturated heterocycles. The third-order valence-corrected chi connectivity index (χ3v) is 3.69. The van der Waals surface area contributed by atoms with Gasteiger partial charge in [0.05, 0.1) is 24.3 Å². The van der Waals surface area contributed by atoms with Gasteiger partial charge in [-0.05, 0) is 45.4 Å². The first-order valence-corrected chi connectivity index (χ1v) is 8.67. The molecule has 0 unspecified atom stereocenters. The molecular weight excluding hydrogens is 352 g/mol. The predicted octanol–water partition coefficient (Wildman–Crippen LogP) is 2.59. The van der Waals surface area contributed by atoms with E-state index in [1.807, 2.05) is 0 Å². The topological polar surface area (TPSA) is 103 Å². The minimum absolute atomic E-state index is 0.264. The molecule has 1 aromatic rings. The second-order valence-corrected chi connectivity index (χ2v) is 6.26. The summed E-state index contributed by atoms with van der Waals surface area (Å²) >= 11 is 0. The van der Waals surface area contributed by atoms with Crippen molar-refractivity contribution in [1.82, 2.24) is 10.6 Å². The highest BCUT2D eigenvalue weighted by Crippen LogP contribution is 2.35. The standard InChI is InChI=1S/C19H24N2O6/c1-6-25-15-9-13(7-8-14(15)27-12(5)22)17-16(18(23)26-10(2)3)11(4)20-19(24)21-17/h7-10,17H,6H2,1-5H3,(H2,20,21,24)/t17-/m0/s1. The molecule has 8 nitrogen and oxygen atoms in total. The fourth-order valence-corrected chi connectivity index (χ4v) is 2.70. The summed E-state index contributed by atoms with van der Waals surface area (Å²) in [5.41, 5.74) is 1.31. The monoisotopic (exact) mass is 376 g/mol. The summed E-state index contributed by atoms with van der Waals surface area (Å²) in [7, 11) is 0.